The van der Waals surface area contributed by atoms with Crippen molar-refractivity contribution in [3.63, 3.8) is 0 Å². The number of nitriles is 1. The van der Waals surface area contributed by atoms with Crippen LogP contribution in [0.3, 0.4) is 0 Å². The maximum atomic E-state index is 12.8. The average Bonchev–Trinajstić information content (AvgIpc) is 2.79. The van der Waals surface area contributed by atoms with E-state index in [0.29, 0.717) is 37.4 Å². The highest BCUT2D eigenvalue weighted by Gasteiger charge is 2.37. The molecule has 35 heavy (non-hydrogen) atoms. The zero-order chi connectivity index (χ0) is 26.0. The van der Waals surface area contributed by atoms with E-state index >= 15 is 0 Å². The fourth-order valence-corrected chi connectivity index (χ4v) is 4.61. The monoisotopic (exact) mass is 495 g/mol. The van der Waals surface area contributed by atoms with E-state index in [2.05, 4.69) is 40.4 Å². The number of nitrogens with zero attached hydrogens (tertiary/aromatic N) is 2. The molecule has 6 nitrogen and oxygen atoms in total. The Labute approximate surface area is 207 Å². The number of carbonyl (C=O) groups excluding carboxylic acids is 1. The number of allylic oxidation sites excluding steroid dienone is 3. The first-order valence-electron chi connectivity index (χ1n) is 12.6. The van der Waals surface area contributed by atoms with Crippen LogP contribution >= 0.6 is 0 Å². The third-order valence-electron chi connectivity index (χ3n) is 7.00. The lowest BCUT2D eigenvalue weighted by molar-refractivity contribution is -0.154. The molecule has 1 aliphatic carbocycles. The van der Waals surface area contributed by atoms with Crippen LogP contribution in [0.2, 0.25) is 0 Å². The molecule has 1 saturated carbocycles. The van der Waals surface area contributed by atoms with Gasteiger partial charge in [0.25, 0.3) is 0 Å². The van der Waals surface area contributed by atoms with Crippen LogP contribution in [0.25, 0.3) is 0 Å². The first kappa shape index (κ1) is 28.9. The van der Waals surface area contributed by atoms with Crippen LogP contribution in [0.1, 0.15) is 59.3 Å². The largest absolute Gasteiger partial charge is 0.403 e. The molecule has 0 radical (unpaired) electrons. The molecule has 2 atom stereocenters. The molecule has 1 aliphatic heterocycles. The Balaban J connectivity index is 1.86. The van der Waals surface area contributed by atoms with Crippen LogP contribution in [0.4, 0.5) is 13.2 Å². The SMILES string of the molecule is C=CC(=O)NC1CC(CN/C(=C/C=C(\C#N)C(C)N2CCC(NC(C)C(F)(F)F)CC2)CCC)C1. The van der Waals surface area contributed by atoms with E-state index in [4.69, 9.17) is 0 Å². The Bertz CT molecular complexity index is 803. The summed E-state index contributed by atoms with van der Waals surface area (Å²) >= 11 is 0. The predicted octanol–water partition coefficient (Wildman–Crippen LogP) is 4.18. The van der Waals surface area contributed by atoms with E-state index in [1.54, 1.807) is 0 Å². The number of carbonyl (C=O) groups is 1. The molecule has 0 aromatic carbocycles. The molecule has 1 heterocycles. The van der Waals surface area contributed by atoms with Crippen molar-refractivity contribution in [2.45, 2.75) is 89.6 Å². The second-order valence-electron chi connectivity index (χ2n) is 9.72. The van der Waals surface area contributed by atoms with Gasteiger partial charge in [-0.3, -0.25) is 9.69 Å². The molecular formula is C26H40F3N5O. The van der Waals surface area contributed by atoms with Crippen molar-refractivity contribution >= 4 is 5.91 Å². The minimum Gasteiger partial charge on any atom is -0.388 e. The number of amides is 1. The third kappa shape index (κ3) is 9.34. The second-order valence-corrected chi connectivity index (χ2v) is 9.72. The van der Waals surface area contributed by atoms with E-state index in [9.17, 15) is 23.2 Å². The van der Waals surface area contributed by atoms with Gasteiger partial charge in [0.15, 0.2) is 0 Å². The lowest BCUT2D eigenvalue weighted by Gasteiger charge is -2.37. The zero-order valence-electron chi connectivity index (χ0n) is 21.1. The van der Waals surface area contributed by atoms with Crippen molar-refractivity contribution < 1.29 is 18.0 Å². The Morgan fingerprint density at radius 2 is 1.86 bits per heavy atom. The van der Waals surface area contributed by atoms with Crippen molar-refractivity contribution in [1.29, 1.82) is 5.26 Å². The Morgan fingerprint density at radius 1 is 1.20 bits per heavy atom. The van der Waals surface area contributed by atoms with Crippen LogP contribution in [-0.4, -0.2) is 60.8 Å². The summed E-state index contributed by atoms with van der Waals surface area (Å²) in [5.74, 6) is 0.367. The molecule has 1 saturated heterocycles. The highest BCUT2D eigenvalue weighted by molar-refractivity contribution is 5.87. The number of likely N-dealkylation sites (tertiary alicyclic amines) is 1. The van der Waals surface area contributed by atoms with Gasteiger partial charge in [-0.05, 0) is 70.1 Å². The molecule has 2 fully saturated rings. The summed E-state index contributed by atoms with van der Waals surface area (Å²) < 4.78 is 38.5. The van der Waals surface area contributed by atoms with Gasteiger partial charge in [-0.25, -0.2) is 0 Å². The Morgan fingerprint density at radius 3 is 2.40 bits per heavy atom. The fourth-order valence-electron chi connectivity index (χ4n) is 4.61. The third-order valence-corrected chi connectivity index (χ3v) is 7.00. The van der Waals surface area contributed by atoms with Crippen LogP contribution in [0.5, 0.6) is 0 Å². The minimum atomic E-state index is -4.24. The number of rotatable bonds is 12. The van der Waals surface area contributed by atoms with E-state index in [1.165, 1.54) is 6.08 Å². The van der Waals surface area contributed by atoms with E-state index in [1.807, 2.05) is 19.1 Å². The number of alkyl halides is 3. The normalized spacial score (nSPS) is 24.1. The molecule has 9 heteroatoms. The van der Waals surface area contributed by atoms with Gasteiger partial charge in [0.1, 0.15) is 6.04 Å². The first-order chi connectivity index (χ1) is 16.6. The predicted molar refractivity (Wildman–Crippen MR) is 132 cm³/mol. The summed E-state index contributed by atoms with van der Waals surface area (Å²) in [6.45, 7) is 10.8. The molecular weight excluding hydrogens is 455 g/mol. The fraction of sp³-hybridized carbons (Fsp3) is 0.692. The zero-order valence-corrected chi connectivity index (χ0v) is 21.1. The smallest absolute Gasteiger partial charge is 0.388 e. The summed E-state index contributed by atoms with van der Waals surface area (Å²) in [5, 5.41) is 18.9. The van der Waals surface area contributed by atoms with Gasteiger partial charge in [0.2, 0.25) is 5.91 Å². The van der Waals surface area contributed by atoms with Gasteiger partial charge in [-0.2, -0.15) is 18.4 Å². The Kier molecular flexibility index (Phi) is 11.3. The van der Waals surface area contributed by atoms with Crippen LogP contribution in [0, 0.1) is 17.2 Å². The van der Waals surface area contributed by atoms with Crippen molar-refractivity contribution in [3.05, 3.63) is 36.1 Å². The van der Waals surface area contributed by atoms with Crippen molar-refractivity contribution in [2.24, 2.45) is 5.92 Å². The molecule has 0 spiro atoms. The molecule has 0 aromatic heterocycles. The van der Waals surface area contributed by atoms with Crippen molar-refractivity contribution in [1.82, 2.24) is 20.9 Å². The lowest BCUT2D eigenvalue weighted by Crippen LogP contribution is -2.51. The van der Waals surface area contributed by atoms with Gasteiger partial charge in [0, 0.05) is 49.0 Å². The van der Waals surface area contributed by atoms with Gasteiger partial charge in [0.05, 0.1) is 6.07 Å². The van der Waals surface area contributed by atoms with Crippen molar-refractivity contribution in [2.75, 3.05) is 19.6 Å². The second kappa shape index (κ2) is 13.7. The quantitative estimate of drug-likeness (QED) is 0.215. The number of piperidine rings is 1. The maximum Gasteiger partial charge on any atom is 0.403 e. The molecule has 0 bridgehead atoms. The standard InChI is InChI=1S/C26H40F3N5O/c1-5-7-22(31-17-20-14-24(15-20)33-25(35)6-2)9-8-21(16-30)18(3)34-12-10-23(11-13-34)32-19(4)26(27,28)29/h6,8-9,18-20,23-24,31-32H,2,5,7,10-15,17H2,1,3-4H3,(H,33,35)/b21-8+,22-9+. The number of hydrogen-bond acceptors (Lipinski definition) is 5. The highest BCUT2D eigenvalue weighted by atomic mass is 19.4. The number of nitrogens with one attached hydrogen (secondary N) is 3. The molecule has 0 aromatic rings. The van der Waals surface area contributed by atoms with Gasteiger partial charge >= 0.3 is 6.18 Å². The maximum absolute atomic E-state index is 12.8. The van der Waals surface area contributed by atoms with E-state index in [0.717, 1.165) is 44.8 Å². The topological polar surface area (TPSA) is 80.2 Å². The highest BCUT2D eigenvalue weighted by Crippen LogP contribution is 2.27. The lowest BCUT2D eigenvalue weighted by atomic mass is 9.80. The molecule has 1 amide bonds. The molecule has 2 unspecified atom stereocenters. The number of halogens is 3. The molecule has 196 valence electrons. The molecule has 2 rings (SSSR count). The van der Waals surface area contributed by atoms with Crippen LogP contribution in [-0.2, 0) is 4.79 Å². The Hall–Kier alpha value is -2.31. The van der Waals surface area contributed by atoms with Gasteiger partial charge in [-0.1, -0.05) is 19.9 Å². The molecule has 2 aliphatic rings. The van der Waals surface area contributed by atoms with E-state index < -0.39 is 12.2 Å². The summed E-state index contributed by atoms with van der Waals surface area (Å²) in [7, 11) is 0. The summed E-state index contributed by atoms with van der Waals surface area (Å²) in [5.41, 5.74) is 1.72. The van der Waals surface area contributed by atoms with Gasteiger partial charge < -0.3 is 16.0 Å². The van der Waals surface area contributed by atoms with Crippen molar-refractivity contribution in [3.8, 4) is 6.07 Å². The summed E-state index contributed by atoms with van der Waals surface area (Å²) in [6.07, 6.45) is 5.88. The van der Waals surface area contributed by atoms with E-state index in [-0.39, 0.29) is 24.0 Å². The first-order valence-corrected chi connectivity index (χ1v) is 12.6. The van der Waals surface area contributed by atoms with Crippen LogP contribution < -0.4 is 16.0 Å². The average molecular weight is 496 g/mol. The van der Waals surface area contributed by atoms with Crippen LogP contribution in [0.15, 0.2) is 36.1 Å². The minimum absolute atomic E-state index is 0.0963. The molecule has 3 N–H and O–H groups in total. The van der Waals surface area contributed by atoms with Gasteiger partial charge in [-0.15, -0.1) is 0 Å². The number of hydrogen-bond donors (Lipinski definition) is 3. The summed E-state index contributed by atoms with van der Waals surface area (Å²) in [4.78, 5) is 13.5. The summed E-state index contributed by atoms with van der Waals surface area (Å²) in [6, 6.07) is 0.748.